The maximum atomic E-state index is 11.7. The Labute approximate surface area is 105 Å². The van der Waals surface area contributed by atoms with Gasteiger partial charge in [0.05, 0.1) is 7.11 Å². The molecule has 0 saturated heterocycles. The van der Waals surface area contributed by atoms with Crippen molar-refractivity contribution in [3.63, 3.8) is 0 Å². The number of carbonyl (C=O) groups is 2. The van der Waals surface area contributed by atoms with Crippen molar-refractivity contribution in [2.75, 3.05) is 7.11 Å². The van der Waals surface area contributed by atoms with Gasteiger partial charge in [0.25, 0.3) is 0 Å². The van der Waals surface area contributed by atoms with Crippen molar-refractivity contribution in [1.82, 2.24) is 0 Å². The molecule has 0 radical (unpaired) electrons. The number of Topliss-reactive ketones (excluding diaryl/α,β-unsaturated/α-hetero) is 1. The smallest absolute Gasteiger partial charge is 0.304 e. The minimum absolute atomic E-state index is 0.0372. The Morgan fingerprint density at radius 2 is 1.94 bits per heavy atom. The van der Waals surface area contributed by atoms with Crippen LogP contribution in [-0.2, 0) is 20.7 Å². The number of nitrogens with zero attached hydrogens (tertiary/aromatic N) is 1. The Hall–Kier alpha value is -2.35. The van der Waals surface area contributed by atoms with Crippen molar-refractivity contribution in [2.24, 2.45) is 0 Å². The van der Waals surface area contributed by atoms with Gasteiger partial charge in [-0.2, -0.15) is 5.26 Å². The molecule has 1 unspecified atom stereocenters. The molecule has 1 atom stereocenters. The van der Waals surface area contributed by atoms with E-state index in [1.54, 1.807) is 37.4 Å². The highest BCUT2D eigenvalue weighted by Crippen LogP contribution is 2.12. The van der Waals surface area contributed by atoms with E-state index in [0.29, 0.717) is 5.75 Å². The van der Waals surface area contributed by atoms with E-state index in [-0.39, 0.29) is 6.42 Å². The van der Waals surface area contributed by atoms with E-state index in [2.05, 4.69) is 4.74 Å². The van der Waals surface area contributed by atoms with Gasteiger partial charge in [0.1, 0.15) is 11.8 Å². The lowest BCUT2D eigenvalue weighted by Crippen LogP contribution is -2.26. The lowest BCUT2D eigenvalue weighted by molar-refractivity contribution is -0.149. The SMILES string of the molecule is COc1ccc(CC(=O)C(C#N)OC(C)=O)cc1. The summed E-state index contributed by atoms with van der Waals surface area (Å²) in [5, 5.41) is 8.74. The zero-order chi connectivity index (χ0) is 13.5. The highest BCUT2D eigenvalue weighted by Gasteiger charge is 2.20. The summed E-state index contributed by atoms with van der Waals surface area (Å²) in [5.74, 6) is -0.412. The number of rotatable bonds is 5. The van der Waals surface area contributed by atoms with Crippen molar-refractivity contribution in [3.8, 4) is 11.8 Å². The quantitative estimate of drug-likeness (QED) is 0.732. The van der Waals surface area contributed by atoms with Crippen molar-refractivity contribution in [3.05, 3.63) is 29.8 Å². The van der Waals surface area contributed by atoms with Crippen molar-refractivity contribution < 1.29 is 19.1 Å². The molecule has 0 bridgehead atoms. The van der Waals surface area contributed by atoms with Gasteiger partial charge in [-0.3, -0.25) is 9.59 Å². The van der Waals surface area contributed by atoms with Gasteiger partial charge in [-0.1, -0.05) is 12.1 Å². The van der Waals surface area contributed by atoms with Crippen LogP contribution in [-0.4, -0.2) is 25.0 Å². The van der Waals surface area contributed by atoms with E-state index in [0.717, 1.165) is 12.5 Å². The number of nitriles is 1. The summed E-state index contributed by atoms with van der Waals surface area (Å²) in [5.41, 5.74) is 0.730. The van der Waals surface area contributed by atoms with Crippen LogP contribution in [0, 0.1) is 11.3 Å². The highest BCUT2D eigenvalue weighted by atomic mass is 16.5. The maximum Gasteiger partial charge on any atom is 0.304 e. The summed E-state index contributed by atoms with van der Waals surface area (Å²) in [6, 6.07) is 8.54. The first-order valence-corrected chi connectivity index (χ1v) is 5.29. The molecule has 0 N–H and O–H groups in total. The molecule has 18 heavy (non-hydrogen) atoms. The van der Waals surface area contributed by atoms with Crippen LogP contribution in [0.3, 0.4) is 0 Å². The Morgan fingerprint density at radius 3 is 2.39 bits per heavy atom. The van der Waals surface area contributed by atoms with E-state index in [9.17, 15) is 9.59 Å². The first kappa shape index (κ1) is 13.7. The molecular formula is C13H13NO4. The minimum atomic E-state index is -1.34. The van der Waals surface area contributed by atoms with Crippen molar-refractivity contribution in [1.29, 1.82) is 5.26 Å². The summed E-state index contributed by atoms with van der Waals surface area (Å²) in [4.78, 5) is 22.4. The lowest BCUT2D eigenvalue weighted by atomic mass is 10.1. The number of ketones is 1. The van der Waals surface area contributed by atoms with E-state index < -0.39 is 17.9 Å². The number of benzene rings is 1. The molecular weight excluding hydrogens is 234 g/mol. The summed E-state index contributed by atoms with van der Waals surface area (Å²) in [6.07, 6.45) is -1.31. The molecule has 1 aromatic carbocycles. The zero-order valence-corrected chi connectivity index (χ0v) is 10.2. The van der Waals surface area contributed by atoms with Gasteiger partial charge in [-0.25, -0.2) is 0 Å². The molecule has 0 amide bonds. The number of hydrogen-bond acceptors (Lipinski definition) is 5. The first-order chi connectivity index (χ1) is 8.56. The number of carbonyl (C=O) groups excluding carboxylic acids is 2. The molecule has 0 aliphatic rings. The second kappa shape index (κ2) is 6.40. The van der Waals surface area contributed by atoms with Crippen molar-refractivity contribution in [2.45, 2.75) is 19.4 Å². The molecule has 1 aromatic rings. The Bertz CT molecular complexity index is 473. The van der Waals surface area contributed by atoms with Crippen LogP contribution in [0.4, 0.5) is 0 Å². The Balaban J connectivity index is 2.68. The van der Waals surface area contributed by atoms with Gasteiger partial charge in [0, 0.05) is 13.3 Å². The third kappa shape index (κ3) is 3.91. The largest absolute Gasteiger partial charge is 0.497 e. The monoisotopic (exact) mass is 247 g/mol. The molecule has 0 aliphatic heterocycles. The molecule has 0 saturated carbocycles. The molecule has 0 aromatic heterocycles. The van der Waals surface area contributed by atoms with E-state index >= 15 is 0 Å². The fourth-order valence-corrected chi connectivity index (χ4v) is 1.37. The van der Waals surface area contributed by atoms with Crippen LogP contribution in [0.25, 0.3) is 0 Å². The zero-order valence-electron chi connectivity index (χ0n) is 10.2. The summed E-state index contributed by atoms with van der Waals surface area (Å²) in [6.45, 7) is 1.16. The molecule has 0 aliphatic carbocycles. The second-order valence-corrected chi connectivity index (χ2v) is 3.61. The molecule has 0 spiro atoms. The van der Waals surface area contributed by atoms with Crippen LogP contribution in [0.5, 0.6) is 5.75 Å². The van der Waals surface area contributed by atoms with Crippen LogP contribution < -0.4 is 4.74 Å². The topological polar surface area (TPSA) is 76.4 Å². The molecule has 0 heterocycles. The summed E-state index contributed by atoms with van der Waals surface area (Å²) < 4.78 is 9.59. The van der Waals surface area contributed by atoms with Crippen LogP contribution in [0.2, 0.25) is 0 Å². The predicted octanol–water partition coefficient (Wildman–Crippen LogP) is 1.26. The minimum Gasteiger partial charge on any atom is -0.497 e. The second-order valence-electron chi connectivity index (χ2n) is 3.61. The normalized spacial score (nSPS) is 11.2. The first-order valence-electron chi connectivity index (χ1n) is 5.29. The standard InChI is InChI=1S/C13H13NO4/c1-9(15)18-13(8-14)12(16)7-10-3-5-11(17-2)6-4-10/h3-6,13H,7H2,1-2H3. The van der Waals surface area contributed by atoms with E-state index in [4.69, 9.17) is 10.00 Å². The molecule has 0 fully saturated rings. The van der Waals surface area contributed by atoms with Gasteiger partial charge in [0.15, 0.2) is 5.78 Å². The predicted molar refractivity (Wildman–Crippen MR) is 62.9 cm³/mol. The fourth-order valence-electron chi connectivity index (χ4n) is 1.37. The average molecular weight is 247 g/mol. The third-order valence-electron chi connectivity index (χ3n) is 2.23. The molecule has 94 valence electrons. The lowest BCUT2D eigenvalue weighted by Gasteiger charge is -2.08. The fraction of sp³-hybridized carbons (Fsp3) is 0.308. The number of esters is 1. The van der Waals surface area contributed by atoms with Crippen LogP contribution in [0.15, 0.2) is 24.3 Å². The Kier molecular flexibility index (Phi) is 4.88. The third-order valence-corrected chi connectivity index (χ3v) is 2.23. The number of ether oxygens (including phenoxy) is 2. The van der Waals surface area contributed by atoms with Gasteiger partial charge >= 0.3 is 5.97 Å². The Morgan fingerprint density at radius 1 is 1.33 bits per heavy atom. The van der Waals surface area contributed by atoms with Gasteiger partial charge in [-0.05, 0) is 17.7 Å². The van der Waals surface area contributed by atoms with Crippen LogP contribution >= 0.6 is 0 Å². The summed E-state index contributed by atoms with van der Waals surface area (Å²) >= 11 is 0. The van der Waals surface area contributed by atoms with Crippen molar-refractivity contribution >= 4 is 11.8 Å². The van der Waals surface area contributed by atoms with E-state index in [1.165, 1.54) is 0 Å². The van der Waals surface area contributed by atoms with Crippen LogP contribution in [0.1, 0.15) is 12.5 Å². The van der Waals surface area contributed by atoms with Gasteiger partial charge in [0.2, 0.25) is 6.10 Å². The molecule has 1 rings (SSSR count). The molecule has 5 heteroatoms. The number of methoxy groups -OCH3 is 1. The maximum absolute atomic E-state index is 11.7. The van der Waals surface area contributed by atoms with Gasteiger partial charge in [-0.15, -0.1) is 0 Å². The number of hydrogen-bond donors (Lipinski definition) is 0. The van der Waals surface area contributed by atoms with E-state index in [1.807, 2.05) is 0 Å². The molecule has 5 nitrogen and oxygen atoms in total. The highest BCUT2D eigenvalue weighted by molar-refractivity contribution is 5.89. The van der Waals surface area contributed by atoms with Gasteiger partial charge < -0.3 is 9.47 Å². The summed E-state index contributed by atoms with van der Waals surface area (Å²) in [7, 11) is 1.55. The average Bonchev–Trinajstić information content (AvgIpc) is 2.36.